The molecule has 1 atom stereocenters. The molecule has 0 aliphatic carbocycles. The van der Waals surface area contributed by atoms with Crippen LogP contribution in [0.25, 0.3) is 0 Å². The van der Waals surface area contributed by atoms with Crippen LogP contribution in [0.3, 0.4) is 0 Å². The first-order chi connectivity index (χ1) is 9.12. The lowest BCUT2D eigenvalue weighted by atomic mass is 10.1. The minimum atomic E-state index is 0.336. The number of nitrogens with two attached hydrogens (primary N) is 1. The monoisotopic (exact) mass is 271 g/mol. The van der Waals surface area contributed by atoms with Crippen LogP contribution in [0, 0.1) is 0 Å². The molecule has 0 spiro atoms. The van der Waals surface area contributed by atoms with Gasteiger partial charge in [0.25, 0.3) is 0 Å². The van der Waals surface area contributed by atoms with Crippen molar-refractivity contribution in [3.05, 3.63) is 0 Å². The van der Waals surface area contributed by atoms with Crippen LogP contribution in [0.2, 0.25) is 0 Å². The molecule has 1 rings (SSSR count). The summed E-state index contributed by atoms with van der Waals surface area (Å²) in [4.78, 5) is 5.04. The van der Waals surface area contributed by atoms with E-state index in [0.717, 1.165) is 39.3 Å². The van der Waals surface area contributed by atoms with Gasteiger partial charge in [-0.15, -0.1) is 0 Å². The van der Waals surface area contributed by atoms with E-state index >= 15 is 0 Å². The lowest BCUT2D eigenvalue weighted by Crippen LogP contribution is -2.52. The summed E-state index contributed by atoms with van der Waals surface area (Å²) in [6.45, 7) is 14.8. The first-order valence-corrected chi connectivity index (χ1v) is 7.92. The SMILES string of the molecule is CCC(CC)N(CCN)CC1CN(C(C)C)CCO1. The van der Waals surface area contributed by atoms with Gasteiger partial charge in [-0.05, 0) is 26.7 Å². The van der Waals surface area contributed by atoms with Gasteiger partial charge in [-0.1, -0.05) is 13.8 Å². The second-order valence-electron chi connectivity index (χ2n) is 5.84. The largest absolute Gasteiger partial charge is 0.374 e. The van der Waals surface area contributed by atoms with Crippen molar-refractivity contribution in [2.45, 2.75) is 58.7 Å². The van der Waals surface area contributed by atoms with E-state index in [4.69, 9.17) is 10.5 Å². The molecule has 0 saturated carbocycles. The first-order valence-electron chi connectivity index (χ1n) is 7.92. The van der Waals surface area contributed by atoms with Crippen molar-refractivity contribution in [2.75, 3.05) is 39.3 Å². The van der Waals surface area contributed by atoms with E-state index in [9.17, 15) is 0 Å². The van der Waals surface area contributed by atoms with Gasteiger partial charge in [-0.2, -0.15) is 0 Å². The zero-order chi connectivity index (χ0) is 14.3. The molecule has 4 nitrogen and oxygen atoms in total. The molecule has 0 aromatic rings. The molecule has 1 heterocycles. The van der Waals surface area contributed by atoms with Crippen molar-refractivity contribution < 1.29 is 4.74 Å². The van der Waals surface area contributed by atoms with Crippen molar-refractivity contribution >= 4 is 0 Å². The summed E-state index contributed by atoms with van der Waals surface area (Å²) in [7, 11) is 0. The number of ether oxygens (including phenoxy) is 1. The predicted molar refractivity (Wildman–Crippen MR) is 81.4 cm³/mol. The highest BCUT2D eigenvalue weighted by Gasteiger charge is 2.25. The van der Waals surface area contributed by atoms with Crippen molar-refractivity contribution in [1.82, 2.24) is 9.80 Å². The molecule has 0 radical (unpaired) electrons. The predicted octanol–water partition coefficient (Wildman–Crippen LogP) is 1.54. The molecule has 1 fully saturated rings. The third kappa shape index (κ3) is 5.38. The lowest BCUT2D eigenvalue weighted by Gasteiger charge is -2.39. The highest BCUT2D eigenvalue weighted by atomic mass is 16.5. The van der Waals surface area contributed by atoms with E-state index in [2.05, 4.69) is 37.5 Å². The van der Waals surface area contributed by atoms with E-state index < -0.39 is 0 Å². The fourth-order valence-electron chi connectivity index (χ4n) is 2.98. The third-order valence-electron chi connectivity index (χ3n) is 4.21. The van der Waals surface area contributed by atoms with Gasteiger partial charge < -0.3 is 10.5 Å². The van der Waals surface area contributed by atoms with Crippen LogP contribution in [0.1, 0.15) is 40.5 Å². The molecular formula is C15H33N3O. The summed E-state index contributed by atoms with van der Waals surface area (Å²) in [5.74, 6) is 0. The number of hydrogen-bond acceptors (Lipinski definition) is 4. The second kappa shape index (κ2) is 8.90. The number of hydrogen-bond donors (Lipinski definition) is 1. The molecule has 2 N–H and O–H groups in total. The van der Waals surface area contributed by atoms with Crippen molar-refractivity contribution in [3.8, 4) is 0 Å². The van der Waals surface area contributed by atoms with E-state index in [1.165, 1.54) is 12.8 Å². The summed E-state index contributed by atoms with van der Waals surface area (Å²) in [6, 6.07) is 1.25. The van der Waals surface area contributed by atoms with Crippen molar-refractivity contribution in [3.63, 3.8) is 0 Å². The Morgan fingerprint density at radius 1 is 1.32 bits per heavy atom. The highest BCUT2D eigenvalue weighted by Crippen LogP contribution is 2.14. The van der Waals surface area contributed by atoms with E-state index in [-0.39, 0.29) is 0 Å². The molecular weight excluding hydrogens is 238 g/mol. The maximum atomic E-state index is 5.95. The summed E-state index contributed by atoms with van der Waals surface area (Å²) < 4.78 is 5.95. The van der Waals surface area contributed by atoms with Gasteiger partial charge >= 0.3 is 0 Å². The molecule has 0 aromatic carbocycles. The van der Waals surface area contributed by atoms with E-state index in [1.807, 2.05) is 0 Å². The number of rotatable bonds is 8. The van der Waals surface area contributed by atoms with Crippen LogP contribution in [0.5, 0.6) is 0 Å². The molecule has 0 aromatic heterocycles. The zero-order valence-electron chi connectivity index (χ0n) is 13.3. The fourth-order valence-corrected chi connectivity index (χ4v) is 2.98. The minimum absolute atomic E-state index is 0.336. The van der Waals surface area contributed by atoms with Gasteiger partial charge in [0.05, 0.1) is 12.7 Å². The smallest absolute Gasteiger partial charge is 0.0829 e. The number of nitrogens with zero attached hydrogens (tertiary/aromatic N) is 2. The summed E-state index contributed by atoms with van der Waals surface area (Å²) >= 11 is 0. The Morgan fingerprint density at radius 2 is 2.00 bits per heavy atom. The Morgan fingerprint density at radius 3 is 2.53 bits per heavy atom. The van der Waals surface area contributed by atoms with Gasteiger partial charge in [-0.25, -0.2) is 0 Å². The van der Waals surface area contributed by atoms with Gasteiger partial charge in [0, 0.05) is 44.8 Å². The normalized spacial score (nSPS) is 21.8. The maximum absolute atomic E-state index is 5.95. The molecule has 1 aliphatic rings. The van der Waals surface area contributed by atoms with Gasteiger partial charge in [0.15, 0.2) is 0 Å². The highest BCUT2D eigenvalue weighted by molar-refractivity contribution is 4.79. The van der Waals surface area contributed by atoms with Crippen LogP contribution in [0.15, 0.2) is 0 Å². The molecule has 1 saturated heterocycles. The van der Waals surface area contributed by atoms with Crippen LogP contribution < -0.4 is 5.73 Å². The molecule has 19 heavy (non-hydrogen) atoms. The quantitative estimate of drug-likeness (QED) is 0.727. The summed E-state index contributed by atoms with van der Waals surface area (Å²) in [6.07, 6.45) is 2.72. The second-order valence-corrected chi connectivity index (χ2v) is 5.84. The standard InChI is InChI=1S/C15H33N3O/c1-5-14(6-2)18(8-7-16)12-15-11-17(13(3)4)9-10-19-15/h13-15H,5-12,16H2,1-4H3. The molecule has 1 unspecified atom stereocenters. The fraction of sp³-hybridized carbons (Fsp3) is 1.00. The lowest BCUT2D eigenvalue weighted by molar-refractivity contribution is -0.0569. The average Bonchev–Trinajstić information content (AvgIpc) is 2.40. The Balaban J connectivity index is 2.52. The van der Waals surface area contributed by atoms with Gasteiger partial charge in [0.2, 0.25) is 0 Å². The molecule has 114 valence electrons. The Labute approximate surface area is 119 Å². The molecule has 4 heteroatoms. The average molecular weight is 271 g/mol. The van der Waals surface area contributed by atoms with Gasteiger partial charge in [0.1, 0.15) is 0 Å². The topological polar surface area (TPSA) is 41.7 Å². The van der Waals surface area contributed by atoms with Crippen LogP contribution in [0.4, 0.5) is 0 Å². The zero-order valence-corrected chi connectivity index (χ0v) is 13.3. The Bertz CT molecular complexity index is 231. The van der Waals surface area contributed by atoms with E-state index in [0.29, 0.717) is 18.2 Å². The Kier molecular flexibility index (Phi) is 7.91. The molecule has 0 amide bonds. The van der Waals surface area contributed by atoms with Crippen molar-refractivity contribution in [1.29, 1.82) is 0 Å². The summed E-state index contributed by atoms with van der Waals surface area (Å²) in [5, 5.41) is 0. The molecule has 1 aliphatic heterocycles. The van der Waals surface area contributed by atoms with Crippen LogP contribution in [-0.4, -0.2) is 67.3 Å². The van der Waals surface area contributed by atoms with Crippen molar-refractivity contribution in [2.24, 2.45) is 5.73 Å². The molecule has 0 bridgehead atoms. The van der Waals surface area contributed by atoms with Crippen LogP contribution in [-0.2, 0) is 4.74 Å². The first kappa shape index (κ1) is 16.9. The minimum Gasteiger partial charge on any atom is -0.374 e. The Hall–Kier alpha value is -0.160. The maximum Gasteiger partial charge on any atom is 0.0829 e. The van der Waals surface area contributed by atoms with Gasteiger partial charge in [-0.3, -0.25) is 9.80 Å². The van der Waals surface area contributed by atoms with Crippen LogP contribution >= 0.6 is 0 Å². The third-order valence-corrected chi connectivity index (χ3v) is 4.21. The number of morpholine rings is 1. The summed E-state index contributed by atoms with van der Waals surface area (Å²) in [5.41, 5.74) is 5.76. The van der Waals surface area contributed by atoms with E-state index in [1.54, 1.807) is 0 Å².